The van der Waals surface area contributed by atoms with Gasteiger partial charge in [0.1, 0.15) is 10.4 Å². The van der Waals surface area contributed by atoms with E-state index in [-0.39, 0.29) is 0 Å². The first kappa shape index (κ1) is 11.9. The minimum absolute atomic E-state index is 0.698. The number of aromatic nitrogens is 1. The van der Waals surface area contributed by atoms with Crippen LogP contribution in [0, 0.1) is 0 Å². The molecule has 3 nitrogen and oxygen atoms in total. The molecule has 5 heteroatoms. The first-order valence-electron chi connectivity index (χ1n) is 5.57. The number of nitrogens with zero attached hydrogens (tertiary/aromatic N) is 1. The third-order valence-corrected chi connectivity index (χ3v) is 4.61. The topological polar surface area (TPSA) is 50.2 Å². The quantitative estimate of drug-likeness (QED) is 0.937. The molecule has 0 amide bonds. The lowest BCUT2D eigenvalue weighted by molar-refractivity contribution is -0.140. The highest BCUT2D eigenvalue weighted by atomic mass is 79.9. The molecule has 1 saturated carbocycles. The van der Waals surface area contributed by atoms with Gasteiger partial charge in [-0.15, -0.1) is 11.3 Å². The Morgan fingerprint density at radius 1 is 1.44 bits per heavy atom. The Kier molecular flexibility index (Phi) is 2.75. The van der Waals surface area contributed by atoms with Crippen LogP contribution in [-0.4, -0.2) is 16.1 Å². The fourth-order valence-electron chi connectivity index (χ4n) is 1.95. The molecule has 1 aromatic heterocycles. The van der Waals surface area contributed by atoms with Gasteiger partial charge in [0.15, 0.2) is 0 Å². The normalized spacial score (nSPS) is 16.5. The van der Waals surface area contributed by atoms with Crippen molar-refractivity contribution in [3.63, 3.8) is 0 Å². The predicted molar refractivity (Wildman–Crippen MR) is 73.8 cm³/mol. The molecular formula is C13H10BrNO2S. The zero-order chi connectivity index (χ0) is 12.8. The monoisotopic (exact) mass is 323 g/mol. The highest BCUT2D eigenvalue weighted by molar-refractivity contribution is 9.10. The first-order chi connectivity index (χ1) is 8.62. The Morgan fingerprint density at radius 3 is 2.83 bits per heavy atom. The van der Waals surface area contributed by atoms with Crippen LogP contribution in [0.1, 0.15) is 18.5 Å². The summed E-state index contributed by atoms with van der Waals surface area (Å²) in [6.45, 7) is 0. The summed E-state index contributed by atoms with van der Waals surface area (Å²) >= 11 is 4.92. The second-order valence-corrected chi connectivity index (χ2v) is 6.21. The molecular weight excluding hydrogens is 314 g/mol. The predicted octanol–water partition coefficient (Wildman–Crippen LogP) is 3.69. The van der Waals surface area contributed by atoms with Gasteiger partial charge in [-0.2, -0.15) is 0 Å². The second kappa shape index (κ2) is 4.17. The summed E-state index contributed by atoms with van der Waals surface area (Å²) in [5, 5.41) is 12.0. The SMILES string of the molecule is O=C(O)C1(c2csc(-c3cccc(Br)c3)n2)CC1. The molecule has 3 rings (SSSR count). The molecule has 0 unspecified atom stereocenters. The minimum atomic E-state index is -0.756. The lowest BCUT2D eigenvalue weighted by Gasteiger charge is -2.04. The maximum Gasteiger partial charge on any atom is 0.315 e. The van der Waals surface area contributed by atoms with E-state index in [1.54, 1.807) is 0 Å². The van der Waals surface area contributed by atoms with E-state index in [0.717, 1.165) is 15.0 Å². The van der Waals surface area contributed by atoms with Crippen molar-refractivity contribution in [3.8, 4) is 10.6 Å². The number of carboxylic acid groups (broad SMARTS) is 1. The van der Waals surface area contributed by atoms with Crippen molar-refractivity contribution in [2.24, 2.45) is 0 Å². The Bertz CT molecular complexity index is 619. The van der Waals surface area contributed by atoms with Crippen molar-refractivity contribution < 1.29 is 9.90 Å². The summed E-state index contributed by atoms with van der Waals surface area (Å²) in [5.41, 5.74) is 1.01. The number of carbonyl (C=O) groups is 1. The number of carboxylic acids is 1. The van der Waals surface area contributed by atoms with E-state index < -0.39 is 11.4 Å². The molecule has 0 bridgehead atoms. The standard InChI is InChI=1S/C13H10BrNO2S/c14-9-3-1-2-8(6-9)11-15-10(7-18-11)13(4-5-13)12(16)17/h1-3,6-7H,4-5H2,(H,16,17). The number of thiazole rings is 1. The molecule has 1 aliphatic rings. The van der Waals surface area contributed by atoms with Crippen LogP contribution in [0.2, 0.25) is 0 Å². The van der Waals surface area contributed by atoms with E-state index in [0.29, 0.717) is 18.5 Å². The van der Waals surface area contributed by atoms with Crippen LogP contribution < -0.4 is 0 Å². The fourth-order valence-corrected chi connectivity index (χ4v) is 3.27. The van der Waals surface area contributed by atoms with Crippen LogP contribution in [0.25, 0.3) is 10.6 Å². The molecule has 0 atom stereocenters. The van der Waals surface area contributed by atoms with E-state index in [4.69, 9.17) is 0 Å². The number of hydrogen-bond acceptors (Lipinski definition) is 3. The Balaban J connectivity index is 1.98. The summed E-state index contributed by atoms with van der Waals surface area (Å²) in [6, 6.07) is 7.87. The van der Waals surface area contributed by atoms with Crippen LogP contribution in [0.5, 0.6) is 0 Å². The minimum Gasteiger partial charge on any atom is -0.481 e. The average Bonchev–Trinajstić information content (AvgIpc) is 3.01. The van der Waals surface area contributed by atoms with Gasteiger partial charge in [0.2, 0.25) is 0 Å². The third kappa shape index (κ3) is 1.87. The van der Waals surface area contributed by atoms with Gasteiger partial charge in [-0.1, -0.05) is 28.1 Å². The van der Waals surface area contributed by atoms with Gasteiger partial charge < -0.3 is 5.11 Å². The zero-order valence-corrected chi connectivity index (χ0v) is 11.8. The average molecular weight is 324 g/mol. The molecule has 0 saturated heterocycles. The van der Waals surface area contributed by atoms with E-state index in [1.165, 1.54) is 11.3 Å². The summed E-state index contributed by atoms with van der Waals surface area (Å²) < 4.78 is 0.996. The molecule has 92 valence electrons. The molecule has 1 aliphatic carbocycles. The number of benzene rings is 1. The molecule has 1 fully saturated rings. The summed E-state index contributed by atoms with van der Waals surface area (Å²) in [7, 11) is 0. The van der Waals surface area contributed by atoms with Gasteiger partial charge in [0.25, 0.3) is 0 Å². The summed E-state index contributed by atoms with van der Waals surface area (Å²) in [5.74, 6) is -0.756. The van der Waals surface area contributed by atoms with Gasteiger partial charge >= 0.3 is 5.97 Å². The summed E-state index contributed by atoms with van der Waals surface area (Å²) in [6.07, 6.45) is 1.40. The van der Waals surface area contributed by atoms with Gasteiger partial charge in [-0.25, -0.2) is 4.98 Å². The van der Waals surface area contributed by atoms with Crippen molar-refractivity contribution in [3.05, 3.63) is 39.8 Å². The van der Waals surface area contributed by atoms with Crippen LogP contribution in [-0.2, 0) is 10.2 Å². The Morgan fingerprint density at radius 2 is 2.22 bits per heavy atom. The smallest absolute Gasteiger partial charge is 0.315 e. The number of rotatable bonds is 3. The van der Waals surface area contributed by atoms with Crippen molar-refractivity contribution in [2.45, 2.75) is 18.3 Å². The van der Waals surface area contributed by atoms with Crippen molar-refractivity contribution in [1.29, 1.82) is 0 Å². The van der Waals surface area contributed by atoms with Gasteiger partial charge in [-0.05, 0) is 25.0 Å². The molecule has 1 heterocycles. The molecule has 18 heavy (non-hydrogen) atoms. The van der Waals surface area contributed by atoms with Crippen molar-refractivity contribution in [2.75, 3.05) is 0 Å². The van der Waals surface area contributed by atoms with Gasteiger partial charge in [0, 0.05) is 15.4 Å². The molecule has 1 aromatic carbocycles. The molecule has 0 spiro atoms. The van der Waals surface area contributed by atoms with E-state index >= 15 is 0 Å². The molecule has 1 N–H and O–H groups in total. The molecule has 2 aromatic rings. The second-order valence-electron chi connectivity index (χ2n) is 4.44. The molecule has 0 radical (unpaired) electrons. The van der Waals surface area contributed by atoms with E-state index in [2.05, 4.69) is 20.9 Å². The number of aliphatic carboxylic acids is 1. The summed E-state index contributed by atoms with van der Waals surface area (Å²) in [4.78, 5) is 15.7. The Hall–Kier alpha value is -1.20. The zero-order valence-electron chi connectivity index (χ0n) is 9.39. The maximum atomic E-state index is 11.2. The van der Waals surface area contributed by atoms with Gasteiger partial charge in [-0.3, -0.25) is 4.79 Å². The lowest BCUT2D eigenvalue weighted by atomic mass is 10.0. The van der Waals surface area contributed by atoms with Crippen LogP contribution in [0.15, 0.2) is 34.1 Å². The van der Waals surface area contributed by atoms with Crippen LogP contribution in [0.4, 0.5) is 0 Å². The highest BCUT2D eigenvalue weighted by Gasteiger charge is 2.53. The number of hydrogen-bond donors (Lipinski definition) is 1. The lowest BCUT2D eigenvalue weighted by Crippen LogP contribution is -2.19. The largest absolute Gasteiger partial charge is 0.481 e. The maximum absolute atomic E-state index is 11.2. The fraction of sp³-hybridized carbons (Fsp3) is 0.231. The van der Waals surface area contributed by atoms with Crippen LogP contribution in [0.3, 0.4) is 0 Å². The van der Waals surface area contributed by atoms with Gasteiger partial charge in [0.05, 0.1) is 5.69 Å². The van der Waals surface area contributed by atoms with E-state index in [1.807, 2.05) is 29.6 Å². The Labute approximate surface area is 117 Å². The highest BCUT2D eigenvalue weighted by Crippen LogP contribution is 2.49. The molecule has 0 aliphatic heterocycles. The van der Waals surface area contributed by atoms with Crippen molar-refractivity contribution >= 4 is 33.2 Å². The van der Waals surface area contributed by atoms with Crippen molar-refractivity contribution in [1.82, 2.24) is 4.98 Å². The third-order valence-electron chi connectivity index (χ3n) is 3.23. The number of halogens is 1. The first-order valence-corrected chi connectivity index (χ1v) is 7.24. The van der Waals surface area contributed by atoms with E-state index in [9.17, 15) is 9.90 Å². The van der Waals surface area contributed by atoms with Crippen LogP contribution >= 0.6 is 27.3 Å².